The maximum atomic E-state index is 13.7. The fourth-order valence-electron chi connectivity index (χ4n) is 1.86. The van der Waals surface area contributed by atoms with Gasteiger partial charge in [-0.15, -0.1) is 0 Å². The van der Waals surface area contributed by atoms with Crippen LogP contribution in [0.5, 0.6) is 5.75 Å². The van der Waals surface area contributed by atoms with Crippen molar-refractivity contribution in [3.05, 3.63) is 59.4 Å². The van der Waals surface area contributed by atoms with Crippen molar-refractivity contribution in [1.82, 2.24) is 0 Å². The summed E-state index contributed by atoms with van der Waals surface area (Å²) in [6.45, 7) is -0.574. The number of methoxy groups -OCH3 is 1. The summed E-state index contributed by atoms with van der Waals surface area (Å²) in [5.41, 5.74) is 0.211. The molecule has 0 radical (unpaired) electrons. The molecule has 0 aromatic heterocycles. The molecule has 6 nitrogen and oxygen atoms in total. The number of esters is 1. The summed E-state index contributed by atoms with van der Waals surface area (Å²) in [5.74, 6) is -1.89. The number of hydrogen-bond acceptors (Lipinski definition) is 5. The molecule has 0 atom stereocenters. The summed E-state index contributed by atoms with van der Waals surface area (Å²) in [7, 11) is 1.49. The normalized spacial score (nSPS) is 9.71. The van der Waals surface area contributed by atoms with Gasteiger partial charge in [0.15, 0.2) is 6.61 Å². The number of ether oxygens (including phenoxy) is 2. The summed E-state index contributed by atoms with van der Waals surface area (Å²) in [5, 5.41) is 11.2. The van der Waals surface area contributed by atoms with Crippen molar-refractivity contribution in [2.45, 2.75) is 0 Å². The molecule has 2 aromatic carbocycles. The number of carbonyl (C=O) groups excluding carboxylic acids is 2. The van der Waals surface area contributed by atoms with Crippen LogP contribution in [0.3, 0.4) is 0 Å². The number of nitrogens with zero attached hydrogens (tertiary/aromatic N) is 1. The Kier molecular flexibility index (Phi) is 5.47. The highest BCUT2D eigenvalue weighted by Gasteiger charge is 2.15. The van der Waals surface area contributed by atoms with Crippen LogP contribution < -0.4 is 10.1 Å². The van der Waals surface area contributed by atoms with E-state index in [-0.39, 0.29) is 11.1 Å². The average Bonchev–Trinajstić information content (AvgIpc) is 2.59. The molecule has 0 unspecified atom stereocenters. The highest BCUT2D eigenvalue weighted by molar-refractivity contribution is 5.95. The minimum atomic E-state index is -0.988. The Morgan fingerprint density at radius 1 is 1.25 bits per heavy atom. The zero-order valence-electron chi connectivity index (χ0n) is 12.7. The average molecular weight is 328 g/mol. The van der Waals surface area contributed by atoms with E-state index in [1.54, 1.807) is 30.3 Å². The van der Waals surface area contributed by atoms with Gasteiger partial charge in [-0.05, 0) is 30.3 Å². The Morgan fingerprint density at radius 3 is 2.71 bits per heavy atom. The van der Waals surface area contributed by atoms with Gasteiger partial charge >= 0.3 is 5.97 Å². The van der Waals surface area contributed by atoms with Crippen LogP contribution in [0.25, 0.3) is 0 Å². The standard InChI is InChI=1S/C17H13FN2O4/c1-23-13-4-2-3-12(8-13)20-16(21)10-24-17(22)14-6-5-11(9-19)7-15(14)18/h2-8H,10H2,1H3,(H,20,21). The molecule has 0 saturated heterocycles. The minimum Gasteiger partial charge on any atom is -0.497 e. The Balaban J connectivity index is 1.94. The zero-order valence-corrected chi connectivity index (χ0v) is 12.7. The van der Waals surface area contributed by atoms with E-state index >= 15 is 0 Å². The smallest absolute Gasteiger partial charge is 0.341 e. The van der Waals surface area contributed by atoms with E-state index in [0.717, 1.165) is 12.1 Å². The van der Waals surface area contributed by atoms with Crippen LogP contribution in [-0.2, 0) is 9.53 Å². The monoisotopic (exact) mass is 328 g/mol. The van der Waals surface area contributed by atoms with Gasteiger partial charge in [0.2, 0.25) is 0 Å². The third-order valence-electron chi connectivity index (χ3n) is 3.01. The van der Waals surface area contributed by atoms with Crippen LogP contribution in [0.15, 0.2) is 42.5 Å². The molecule has 7 heteroatoms. The molecule has 2 rings (SSSR count). The molecule has 1 amide bonds. The quantitative estimate of drug-likeness (QED) is 0.852. The summed E-state index contributed by atoms with van der Waals surface area (Å²) >= 11 is 0. The summed E-state index contributed by atoms with van der Waals surface area (Å²) in [6, 6.07) is 11.7. The first-order valence-corrected chi connectivity index (χ1v) is 6.84. The molecule has 122 valence electrons. The second-order valence-electron chi connectivity index (χ2n) is 4.66. The van der Waals surface area contributed by atoms with Crippen molar-refractivity contribution in [1.29, 1.82) is 5.26 Å². The van der Waals surface area contributed by atoms with Gasteiger partial charge in [-0.3, -0.25) is 4.79 Å². The van der Waals surface area contributed by atoms with Crippen LogP contribution in [-0.4, -0.2) is 25.6 Å². The van der Waals surface area contributed by atoms with Crippen molar-refractivity contribution < 1.29 is 23.5 Å². The largest absolute Gasteiger partial charge is 0.497 e. The zero-order chi connectivity index (χ0) is 17.5. The van der Waals surface area contributed by atoms with E-state index in [4.69, 9.17) is 14.7 Å². The fourth-order valence-corrected chi connectivity index (χ4v) is 1.86. The number of hydrogen-bond donors (Lipinski definition) is 1. The Hall–Kier alpha value is -3.40. The molecule has 0 fully saturated rings. The van der Waals surface area contributed by atoms with Crippen molar-refractivity contribution in [2.24, 2.45) is 0 Å². The highest BCUT2D eigenvalue weighted by Crippen LogP contribution is 2.16. The second kappa shape index (κ2) is 7.74. The number of nitrogens with one attached hydrogen (secondary N) is 1. The number of halogens is 1. The van der Waals surface area contributed by atoms with E-state index in [9.17, 15) is 14.0 Å². The van der Waals surface area contributed by atoms with E-state index in [1.807, 2.05) is 0 Å². The molecule has 0 aliphatic rings. The Bertz CT molecular complexity index is 814. The van der Waals surface area contributed by atoms with Crippen LogP contribution in [0.2, 0.25) is 0 Å². The molecule has 2 aromatic rings. The number of nitriles is 1. The van der Waals surface area contributed by atoms with Crippen molar-refractivity contribution in [3.63, 3.8) is 0 Å². The number of benzene rings is 2. The lowest BCUT2D eigenvalue weighted by Gasteiger charge is -2.08. The van der Waals surface area contributed by atoms with Gasteiger partial charge in [-0.1, -0.05) is 6.07 Å². The highest BCUT2D eigenvalue weighted by atomic mass is 19.1. The number of anilines is 1. The Labute approximate surface area is 137 Å². The van der Waals surface area contributed by atoms with Gasteiger partial charge < -0.3 is 14.8 Å². The summed E-state index contributed by atoms with van der Waals surface area (Å²) in [6.07, 6.45) is 0. The van der Waals surface area contributed by atoms with Crippen molar-refractivity contribution in [2.75, 3.05) is 19.0 Å². The van der Waals surface area contributed by atoms with Crippen LogP contribution >= 0.6 is 0 Å². The van der Waals surface area contributed by atoms with Gasteiger partial charge in [0.25, 0.3) is 5.91 Å². The first-order valence-electron chi connectivity index (χ1n) is 6.84. The van der Waals surface area contributed by atoms with Crippen molar-refractivity contribution >= 4 is 17.6 Å². The van der Waals surface area contributed by atoms with E-state index in [1.165, 1.54) is 13.2 Å². The first-order chi connectivity index (χ1) is 11.5. The maximum absolute atomic E-state index is 13.7. The third kappa shape index (κ3) is 4.30. The molecule has 1 N–H and O–H groups in total. The maximum Gasteiger partial charge on any atom is 0.341 e. The molecule has 0 saturated carbocycles. The van der Waals surface area contributed by atoms with Gasteiger partial charge in [-0.25, -0.2) is 9.18 Å². The predicted molar refractivity (Wildman–Crippen MR) is 83.0 cm³/mol. The van der Waals surface area contributed by atoms with Gasteiger partial charge in [0, 0.05) is 11.8 Å². The second-order valence-corrected chi connectivity index (χ2v) is 4.66. The topological polar surface area (TPSA) is 88.4 Å². The molecule has 0 aliphatic carbocycles. The third-order valence-corrected chi connectivity index (χ3v) is 3.01. The molecular formula is C17H13FN2O4. The van der Waals surface area contributed by atoms with Crippen LogP contribution in [0.4, 0.5) is 10.1 Å². The minimum absolute atomic E-state index is 0.0832. The molecule has 0 heterocycles. The molecule has 0 spiro atoms. The number of rotatable bonds is 5. The lowest BCUT2D eigenvalue weighted by molar-refractivity contribution is -0.119. The molecule has 0 aliphatic heterocycles. The van der Waals surface area contributed by atoms with Gasteiger partial charge in [-0.2, -0.15) is 5.26 Å². The summed E-state index contributed by atoms with van der Waals surface area (Å²) < 4.78 is 23.5. The predicted octanol–water partition coefficient (Wildman–Crippen LogP) is 2.50. The Morgan fingerprint density at radius 2 is 2.04 bits per heavy atom. The number of carbonyl (C=O) groups is 2. The SMILES string of the molecule is COc1cccc(NC(=O)COC(=O)c2ccc(C#N)cc2F)c1. The van der Waals surface area contributed by atoms with E-state index < -0.39 is 24.3 Å². The molecular weight excluding hydrogens is 315 g/mol. The van der Waals surface area contributed by atoms with Crippen LogP contribution in [0, 0.1) is 17.1 Å². The van der Waals surface area contributed by atoms with Crippen molar-refractivity contribution in [3.8, 4) is 11.8 Å². The van der Waals surface area contributed by atoms with Gasteiger partial charge in [0.1, 0.15) is 11.6 Å². The molecule has 0 bridgehead atoms. The molecule has 24 heavy (non-hydrogen) atoms. The summed E-state index contributed by atoms with van der Waals surface area (Å²) in [4.78, 5) is 23.5. The van der Waals surface area contributed by atoms with E-state index in [0.29, 0.717) is 11.4 Å². The lowest BCUT2D eigenvalue weighted by atomic mass is 10.1. The van der Waals surface area contributed by atoms with Gasteiger partial charge in [0.05, 0.1) is 24.3 Å². The lowest BCUT2D eigenvalue weighted by Crippen LogP contribution is -2.21. The fraction of sp³-hybridized carbons (Fsp3) is 0.118. The first kappa shape index (κ1) is 17.0. The number of amides is 1. The van der Waals surface area contributed by atoms with Crippen LogP contribution in [0.1, 0.15) is 15.9 Å². The van der Waals surface area contributed by atoms with E-state index in [2.05, 4.69) is 5.32 Å².